The van der Waals surface area contributed by atoms with Gasteiger partial charge in [-0.3, -0.25) is 0 Å². The zero-order valence-electron chi connectivity index (χ0n) is 10.6. The fourth-order valence-corrected chi connectivity index (χ4v) is 1.30. The van der Waals surface area contributed by atoms with Crippen molar-refractivity contribution in [1.82, 2.24) is 5.32 Å². The van der Waals surface area contributed by atoms with E-state index in [2.05, 4.69) is 24.1 Å². The molecule has 0 spiro atoms. The molecule has 2 N–H and O–H groups in total. The highest BCUT2D eigenvalue weighted by Gasteiger charge is 2.02. The van der Waals surface area contributed by atoms with Crippen molar-refractivity contribution in [3.63, 3.8) is 0 Å². The Hall–Kier alpha value is -0.560. The third-order valence-corrected chi connectivity index (χ3v) is 2.22. The molecule has 0 rings (SSSR count). The lowest BCUT2D eigenvalue weighted by Gasteiger charge is -2.11. The lowest BCUT2D eigenvalue weighted by atomic mass is 10.2. The molecule has 0 fully saturated rings. The van der Waals surface area contributed by atoms with E-state index in [0.717, 1.165) is 13.0 Å². The van der Waals surface area contributed by atoms with Crippen molar-refractivity contribution in [3.8, 4) is 11.8 Å². The van der Waals surface area contributed by atoms with Gasteiger partial charge >= 0.3 is 0 Å². The molecule has 3 heteroatoms. The molecule has 1 atom stereocenters. The van der Waals surface area contributed by atoms with E-state index in [1.54, 1.807) is 6.92 Å². The quantitative estimate of drug-likeness (QED) is 0.439. The Kier molecular flexibility index (Phi) is 12.1. The zero-order valence-corrected chi connectivity index (χ0v) is 10.6. The van der Waals surface area contributed by atoms with Crippen LogP contribution in [0.15, 0.2) is 0 Å². The monoisotopic (exact) mass is 227 g/mol. The minimum absolute atomic E-state index is 0.415. The molecule has 0 aliphatic carbocycles. The second-order valence-electron chi connectivity index (χ2n) is 3.85. The average molecular weight is 227 g/mol. The summed E-state index contributed by atoms with van der Waals surface area (Å²) in [5.41, 5.74) is 0. The maximum absolute atomic E-state index is 9.52. The number of hydrogen-bond acceptors (Lipinski definition) is 3. The summed E-state index contributed by atoms with van der Waals surface area (Å²) < 4.78 is 5.37. The Morgan fingerprint density at radius 1 is 1.31 bits per heavy atom. The second kappa shape index (κ2) is 12.5. The van der Waals surface area contributed by atoms with Gasteiger partial charge in [0.15, 0.2) is 0 Å². The molecule has 0 bridgehead atoms. The Balaban J connectivity index is 3.16. The maximum Gasteiger partial charge on any atom is 0.0897 e. The number of rotatable bonds is 10. The van der Waals surface area contributed by atoms with E-state index in [9.17, 15) is 5.11 Å². The van der Waals surface area contributed by atoms with Crippen LogP contribution in [0.2, 0.25) is 0 Å². The first-order valence-corrected chi connectivity index (χ1v) is 6.17. The predicted molar refractivity (Wildman–Crippen MR) is 67.3 cm³/mol. The van der Waals surface area contributed by atoms with Gasteiger partial charge in [0.1, 0.15) is 0 Å². The van der Waals surface area contributed by atoms with Crippen LogP contribution in [0, 0.1) is 11.8 Å². The van der Waals surface area contributed by atoms with Gasteiger partial charge in [0.2, 0.25) is 0 Å². The first kappa shape index (κ1) is 15.4. The molecular formula is C13H25NO2. The molecule has 0 saturated carbocycles. The zero-order chi connectivity index (χ0) is 12.1. The molecule has 0 aromatic rings. The number of nitrogens with one attached hydrogen (secondary N) is 1. The van der Waals surface area contributed by atoms with Crippen LogP contribution < -0.4 is 5.32 Å². The standard InChI is InChI=1S/C13H25NO2/c1-3-5-7-8-10-16-12-13(15)11-14-9-6-4-2/h13-15H,3,5,7-12H2,1-2H3. The van der Waals surface area contributed by atoms with Gasteiger partial charge in [-0.05, 0) is 13.3 Å². The molecule has 0 amide bonds. The molecule has 0 aliphatic heterocycles. The van der Waals surface area contributed by atoms with Gasteiger partial charge in [-0.25, -0.2) is 0 Å². The summed E-state index contributed by atoms with van der Waals surface area (Å²) in [7, 11) is 0. The van der Waals surface area contributed by atoms with Crippen LogP contribution in [0.5, 0.6) is 0 Å². The topological polar surface area (TPSA) is 41.5 Å². The normalized spacial score (nSPS) is 11.9. The highest BCUT2D eigenvalue weighted by molar-refractivity contribution is 4.96. The lowest BCUT2D eigenvalue weighted by molar-refractivity contribution is 0.0360. The molecule has 3 nitrogen and oxygen atoms in total. The number of aliphatic hydroxyl groups is 1. The third kappa shape index (κ3) is 11.5. The lowest BCUT2D eigenvalue weighted by Crippen LogP contribution is -2.30. The smallest absolute Gasteiger partial charge is 0.0897 e. The highest BCUT2D eigenvalue weighted by atomic mass is 16.5. The van der Waals surface area contributed by atoms with Crippen LogP contribution in [0.1, 0.15) is 39.5 Å². The molecule has 1 unspecified atom stereocenters. The molecule has 0 radical (unpaired) electrons. The van der Waals surface area contributed by atoms with Crippen molar-refractivity contribution in [1.29, 1.82) is 0 Å². The van der Waals surface area contributed by atoms with Crippen LogP contribution >= 0.6 is 0 Å². The minimum Gasteiger partial charge on any atom is -0.389 e. The summed E-state index contributed by atoms with van der Waals surface area (Å²) >= 11 is 0. The molecule has 16 heavy (non-hydrogen) atoms. The highest BCUT2D eigenvalue weighted by Crippen LogP contribution is 1.99. The van der Waals surface area contributed by atoms with Gasteiger partial charge < -0.3 is 15.2 Å². The van der Waals surface area contributed by atoms with Crippen molar-refractivity contribution >= 4 is 0 Å². The molecule has 0 aliphatic rings. The summed E-state index contributed by atoms with van der Waals surface area (Å²) in [6.45, 7) is 6.34. The van der Waals surface area contributed by atoms with E-state index in [0.29, 0.717) is 19.7 Å². The van der Waals surface area contributed by atoms with Gasteiger partial charge in [-0.2, -0.15) is 0 Å². The Morgan fingerprint density at radius 2 is 2.12 bits per heavy atom. The molecule has 94 valence electrons. The fraction of sp³-hybridized carbons (Fsp3) is 0.846. The minimum atomic E-state index is -0.426. The largest absolute Gasteiger partial charge is 0.389 e. The van der Waals surface area contributed by atoms with E-state index in [1.165, 1.54) is 19.3 Å². The van der Waals surface area contributed by atoms with Gasteiger partial charge in [0.05, 0.1) is 19.3 Å². The summed E-state index contributed by atoms with van der Waals surface area (Å²) in [5.74, 6) is 5.67. The Morgan fingerprint density at radius 3 is 2.81 bits per heavy atom. The Labute approximate surface area is 99.6 Å². The Bertz CT molecular complexity index is 196. The predicted octanol–water partition coefficient (Wildman–Crippen LogP) is 1.56. The van der Waals surface area contributed by atoms with E-state index in [1.807, 2.05) is 0 Å². The number of unbranched alkanes of at least 4 members (excludes halogenated alkanes) is 3. The first-order chi connectivity index (χ1) is 7.81. The molecular weight excluding hydrogens is 202 g/mol. The number of ether oxygens (including phenoxy) is 1. The van der Waals surface area contributed by atoms with Crippen LogP contribution in [-0.4, -0.2) is 37.5 Å². The molecule has 0 saturated heterocycles. The molecule has 0 aromatic heterocycles. The first-order valence-electron chi connectivity index (χ1n) is 6.17. The van der Waals surface area contributed by atoms with Gasteiger partial charge in [0, 0.05) is 13.2 Å². The van der Waals surface area contributed by atoms with Crippen molar-refractivity contribution < 1.29 is 9.84 Å². The van der Waals surface area contributed by atoms with E-state index in [4.69, 9.17) is 4.74 Å². The van der Waals surface area contributed by atoms with E-state index < -0.39 is 6.10 Å². The summed E-state index contributed by atoms with van der Waals surface area (Å²) in [6, 6.07) is 0. The third-order valence-electron chi connectivity index (χ3n) is 2.22. The average Bonchev–Trinajstić information content (AvgIpc) is 2.29. The van der Waals surface area contributed by atoms with Gasteiger partial charge in [0.25, 0.3) is 0 Å². The molecule has 0 aromatic carbocycles. The van der Waals surface area contributed by atoms with Crippen molar-refractivity contribution in [3.05, 3.63) is 0 Å². The summed E-state index contributed by atoms with van der Waals surface area (Å²) in [5, 5.41) is 12.6. The van der Waals surface area contributed by atoms with Crippen molar-refractivity contribution in [2.45, 2.75) is 45.6 Å². The fourth-order valence-electron chi connectivity index (χ4n) is 1.30. The van der Waals surface area contributed by atoms with Crippen LogP contribution in [0.3, 0.4) is 0 Å². The van der Waals surface area contributed by atoms with Crippen LogP contribution in [0.25, 0.3) is 0 Å². The number of aliphatic hydroxyl groups excluding tert-OH is 1. The summed E-state index contributed by atoms with van der Waals surface area (Å²) in [4.78, 5) is 0. The van der Waals surface area contributed by atoms with Gasteiger partial charge in [-0.15, -0.1) is 5.92 Å². The van der Waals surface area contributed by atoms with Gasteiger partial charge in [-0.1, -0.05) is 32.1 Å². The number of hydrogen-bond donors (Lipinski definition) is 2. The summed E-state index contributed by atoms with van der Waals surface area (Å²) in [6.07, 6.45) is 4.39. The maximum atomic E-state index is 9.52. The van der Waals surface area contributed by atoms with Crippen LogP contribution in [-0.2, 0) is 4.74 Å². The van der Waals surface area contributed by atoms with E-state index >= 15 is 0 Å². The molecule has 0 heterocycles. The second-order valence-corrected chi connectivity index (χ2v) is 3.85. The SMILES string of the molecule is CC#CCNCC(O)COCCCCCC. The van der Waals surface area contributed by atoms with E-state index in [-0.39, 0.29) is 0 Å². The van der Waals surface area contributed by atoms with Crippen molar-refractivity contribution in [2.75, 3.05) is 26.3 Å². The van der Waals surface area contributed by atoms with Crippen molar-refractivity contribution in [2.24, 2.45) is 0 Å². The van der Waals surface area contributed by atoms with Crippen LogP contribution in [0.4, 0.5) is 0 Å².